The summed E-state index contributed by atoms with van der Waals surface area (Å²) in [4.78, 5) is 16.1. The molecule has 0 unspecified atom stereocenters. The zero-order valence-corrected chi connectivity index (χ0v) is 14.4. The summed E-state index contributed by atoms with van der Waals surface area (Å²) in [5.74, 6) is 0.990. The minimum absolute atomic E-state index is 0.0716. The van der Waals surface area contributed by atoms with Gasteiger partial charge in [-0.1, -0.05) is 48.2 Å². The fraction of sp³-hybridized carbons (Fsp3) is 0.167. The van der Waals surface area contributed by atoms with Gasteiger partial charge in [0.1, 0.15) is 18.7 Å². The Bertz CT molecular complexity index is 793. The van der Waals surface area contributed by atoms with Crippen molar-refractivity contribution in [2.45, 2.75) is 5.16 Å². The first-order valence-electron chi connectivity index (χ1n) is 7.86. The summed E-state index contributed by atoms with van der Waals surface area (Å²) >= 11 is 1.30. The van der Waals surface area contributed by atoms with E-state index in [1.165, 1.54) is 11.8 Å². The standard InChI is InChI=1S/C18H18N4O2S/c23-17(19-11-12-24-16-9-5-2-6-10-16)13-25-18-20-14-22(21-18)15-7-3-1-4-8-15/h1-10,14H,11-13H2,(H,19,23). The van der Waals surface area contributed by atoms with Gasteiger partial charge in [0, 0.05) is 0 Å². The molecule has 7 heteroatoms. The summed E-state index contributed by atoms with van der Waals surface area (Å²) in [5.41, 5.74) is 0.935. The Labute approximate surface area is 150 Å². The molecule has 0 bridgehead atoms. The zero-order valence-electron chi connectivity index (χ0n) is 13.5. The van der Waals surface area contributed by atoms with Crippen molar-refractivity contribution < 1.29 is 9.53 Å². The van der Waals surface area contributed by atoms with Crippen molar-refractivity contribution in [3.05, 3.63) is 67.0 Å². The van der Waals surface area contributed by atoms with Crippen LogP contribution in [-0.4, -0.2) is 39.6 Å². The molecule has 25 heavy (non-hydrogen) atoms. The van der Waals surface area contributed by atoms with Gasteiger partial charge in [-0.05, 0) is 24.3 Å². The van der Waals surface area contributed by atoms with E-state index < -0.39 is 0 Å². The number of nitrogens with zero attached hydrogens (tertiary/aromatic N) is 3. The fourth-order valence-electron chi connectivity index (χ4n) is 2.08. The highest BCUT2D eigenvalue weighted by Gasteiger charge is 2.07. The Morgan fingerprint density at radius 2 is 1.80 bits per heavy atom. The first-order valence-corrected chi connectivity index (χ1v) is 8.84. The first kappa shape index (κ1) is 17.0. The van der Waals surface area contributed by atoms with Gasteiger partial charge in [0.2, 0.25) is 11.1 Å². The van der Waals surface area contributed by atoms with Crippen molar-refractivity contribution >= 4 is 17.7 Å². The van der Waals surface area contributed by atoms with Crippen molar-refractivity contribution in [1.82, 2.24) is 20.1 Å². The molecule has 0 fully saturated rings. The number of carbonyl (C=O) groups excluding carboxylic acids is 1. The number of ether oxygens (including phenoxy) is 1. The molecule has 1 N–H and O–H groups in total. The monoisotopic (exact) mass is 354 g/mol. The second kappa shape index (κ2) is 8.89. The molecule has 0 atom stereocenters. The number of para-hydroxylation sites is 2. The molecule has 0 saturated carbocycles. The van der Waals surface area contributed by atoms with E-state index in [0.717, 1.165) is 11.4 Å². The van der Waals surface area contributed by atoms with Gasteiger partial charge in [-0.15, -0.1) is 5.10 Å². The normalized spacial score (nSPS) is 10.4. The largest absolute Gasteiger partial charge is 0.492 e. The van der Waals surface area contributed by atoms with Gasteiger partial charge in [-0.2, -0.15) is 0 Å². The average molecular weight is 354 g/mol. The number of amides is 1. The zero-order chi connectivity index (χ0) is 17.3. The van der Waals surface area contributed by atoms with Gasteiger partial charge in [0.15, 0.2) is 0 Å². The van der Waals surface area contributed by atoms with Crippen LogP contribution in [0.5, 0.6) is 5.75 Å². The summed E-state index contributed by atoms with van der Waals surface area (Å²) in [5, 5.41) is 7.74. The molecule has 128 valence electrons. The van der Waals surface area contributed by atoms with Crippen molar-refractivity contribution in [3.8, 4) is 11.4 Å². The molecule has 0 saturated heterocycles. The first-order chi connectivity index (χ1) is 12.3. The maximum Gasteiger partial charge on any atom is 0.230 e. The van der Waals surface area contributed by atoms with Gasteiger partial charge in [0.05, 0.1) is 18.0 Å². The molecule has 0 aliphatic rings. The molecule has 1 heterocycles. The van der Waals surface area contributed by atoms with Gasteiger partial charge in [0.25, 0.3) is 0 Å². The molecule has 0 radical (unpaired) electrons. The second-order valence-corrected chi connectivity index (χ2v) is 6.05. The quantitative estimate of drug-likeness (QED) is 0.497. The lowest BCUT2D eigenvalue weighted by Crippen LogP contribution is -2.29. The highest BCUT2D eigenvalue weighted by Crippen LogP contribution is 2.13. The van der Waals surface area contributed by atoms with Crippen molar-refractivity contribution in [1.29, 1.82) is 0 Å². The molecule has 0 aliphatic carbocycles. The topological polar surface area (TPSA) is 69.0 Å². The van der Waals surface area contributed by atoms with E-state index in [0.29, 0.717) is 18.3 Å². The number of thioether (sulfide) groups is 1. The number of nitrogens with one attached hydrogen (secondary N) is 1. The molecule has 1 amide bonds. The second-order valence-electron chi connectivity index (χ2n) is 5.11. The smallest absolute Gasteiger partial charge is 0.230 e. The minimum Gasteiger partial charge on any atom is -0.492 e. The predicted molar refractivity (Wildman–Crippen MR) is 97.0 cm³/mol. The van der Waals surface area contributed by atoms with Gasteiger partial charge in [-0.3, -0.25) is 4.79 Å². The third kappa shape index (κ3) is 5.36. The third-order valence-electron chi connectivity index (χ3n) is 3.26. The molecule has 0 aliphatic heterocycles. The van der Waals surface area contributed by atoms with E-state index >= 15 is 0 Å². The van der Waals surface area contributed by atoms with Crippen LogP contribution in [0.2, 0.25) is 0 Å². The Balaban J connectivity index is 1.37. The molecular formula is C18H18N4O2S. The van der Waals surface area contributed by atoms with E-state index in [9.17, 15) is 4.79 Å². The molecule has 3 rings (SSSR count). The van der Waals surface area contributed by atoms with E-state index in [4.69, 9.17) is 4.74 Å². The molecular weight excluding hydrogens is 336 g/mol. The lowest BCUT2D eigenvalue weighted by atomic mass is 10.3. The summed E-state index contributed by atoms with van der Waals surface area (Å²) in [6.07, 6.45) is 1.64. The number of carbonyl (C=O) groups is 1. The van der Waals surface area contributed by atoms with Crippen LogP contribution >= 0.6 is 11.8 Å². The van der Waals surface area contributed by atoms with Crippen molar-refractivity contribution in [3.63, 3.8) is 0 Å². The van der Waals surface area contributed by atoms with Gasteiger partial charge >= 0.3 is 0 Å². The van der Waals surface area contributed by atoms with Crippen molar-refractivity contribution in [2.24, 2.45) is 0 Å². The van der Waals surface area contributed by atoms with Crippen LogP contribution in [-0.2, 0) is 4.79 Å². The Hall–Kier alpha value is -2.80. The Morgan fingerprint density at radius 3 is 2.56 bits per heavy atom. The van der Waals surface area contributed by atoms with Crippen LogP contribution in [0.1, 0.15) is 0 Å². The lowest BCUT2D eigenvalue weighted by Gasteiger charge is -2.07. The summed E-state index contributed by atoms with van der Waals surface area (Å²) in [6, 6.07) is 19.2. The predicted octanol–water partition coefficient (Wildman–Crippen LogP) is 2.55. The minimum atomic E-state index is -0.0716. The van der Waals surface area contributed by atoms with Gasteiger partial charge in [-0.25, -0.2) is 9.67 Å². The molecule has 1 aromatic heterocycles. The van der Waals surface area contributed by atoms with Crippen LogP contribution in [0.3, 0.4) is 0 Å². The molecule has 6 nitrogen and oxygen atoms in total. The number of benzene rings is 2. The summed E-state index contributed by atoms with van der Waals surface area (Å²) < 4.78 is 7.21. The van der Waals surface area contributed by atoms with Crippen LogP contribution in [0.25, 0.3) is 5.69 Å². The number of aromatic nitrogens is 3. The van der Waals surface area contributed by atoms with E-state index in [-0.39, 0.29) is 11.7 Å². The SMILES string of the molecule is O=C(CSc1ncn(-c2ccccc2)n1)NCCOc1ccccc1. The number of rotatable bonds is 8. The molecule has 2 aromatic carbocycles. The molecule has 3 aromatic rings. The van der Waals surface area contributed by atoms with Crippen LogP contribution in [0, 0.1) is 0 Å². The average Bonchev–Trinajstić information content (AvgIpc) is 3.14. The fourth-order valence-corrected chi connectivity index (χ4v) is 2.71. The van der Waals surface area contributed by atoms with Crippen LogP contribution in [0.15, 0.2) is 72.1 Å². The van der Waals surface area contributed by atoms with E-state index in [2.05, 4.69) is 15.4 Å². The highest BCUT2D eigenvalue weighted by molar-refractivity contribution is 7.99. The lowest BCUT2D eigenvalue weighted by molar-refractivity contribution is -0.118. The van der Waals surface area contributed by atoms with Crippen LogP contribution in [0.4, 0.5) is 0 Å². The molecule has 0 spiro atoms. The van der Waals surface area contributed by atoms with E-state index in [1.54, 1.807) is 11.0 Å². The number of hydrogen-bond donors (Lipinski definition) is 1. The number of hydrogen-bond acceptors (Lipinski definition) is 5. The third-order valence-corrected chi connectivity index (χ3v) is 4.11. The van der Waals surface area contributed by atoms with E-state index in [1.807, 2.05) is 60.7 Å². The van der Waals surface area contributed by atoms with Gasteiger partial charge < -0.3 is 10.1 Å². The Kier molecular flexibility index (Phi) is 6.06. The summed E-state index contributed by atoms with van der Waals surface area (Å²) in [7, 11) is 0. The van der Waals surface area contributed by atoms with Crippen molar-refractivity contribution in [2.75, 3.05) is 18.9 Å². The van der Waals surface area contributed by atoms with Crippen LogP contribution < -0.4 is 10.1 Å². The maximum atomic E-state index is 11.9. The maximum absolute atomic E-state index is 11.9. The Morgan fingerprint density at radius 1 is 1.08 bits per heavy atom. The summed E-state index contributed by atoms with van der Waals surface area (Å²) in [6.45, 7) is 0.890. The highest BCUT2D eigenvalue weighted by atomic mass is 32.2.